The molecule has 1 aliphatic heterocycles. The van der Waals surface area contributed by atoms with Crippen molar-refractivity contribution in [3.63, 3.8) is 0 Å². The third kappa shape index (κ3) is 2.23. The molecule has 0 spiro atoms. The van der Waals surface area contributed by atoms with Crippen LogP contribution in [0.25, 0.3) is 0 Å². The van der Waals surface area contributed by atoms with Gasteiger partial charge in [0.2, 0.25) is 5.91 Å². The molecular weight excluding hydrogens is 344 g/mol. The van der Waals surface area contributed by atoms with E-state index >= 15 is 0 Å². The standard InChI is InChI=1S/C14H14BrClN2O2/c1-14(8-2-3-8)13(20)18(7-12(19)17-14)9-4-5-11(16)10(15)6-9/h4-6,8H,2-3,7H2,1H3,(H,17,19). The normalized spacial score (nSPS) is 26.6. The average Bonchev–Trinajstić information content (AvgIpc) is 3.22. The Bertz CT molecular complexity index is 603. The van der Waals surface area contributed by atoms with Gasteiger partial charge in [0.25, 0.3) is 5.91 Å². The topological polar surface area (TPSA) is 49.4 Å². The van der Waals surface area contributed by atoms with Crippen molar-refractivity contribution in [3.05, 3.63) is 27.7 Å². The van der Waals surface area contributed by atoms with Gasteiger partial charge in [0, 0.05) is 10.2 Å². The van der Waals surface area contributed by atoms with Crippen molar-refractivity contribution in [2.75, 3.05) is 11.4 Å². The average molecular weight is 358 g/mol. The van der Waals surface area contributed by atoms with Gasteiger partial charge in [-0.2, -0.15) is 0 Å². The molecule has 0 bridgehead atoms. The van der Waals surface area contributed by atoms with Crippen LogP contribution in [0.2, 0.25) is 5.02 Å². The minimum absolute atomic E-state index is 0.0474. The summed E-state index contributed by atoms with van der Waals surface area (Å²) in [5.41, 5.74) is -0.0884. The number of nitrogens with one attached hydrogen (secondary N) is 1. The second-order valence-corrected chi connectivity index (χ2v) is 6.78. The molecule has 1 aromatic carbocycles. The van der Waals surface area contributed by atoms with Gasteiger partial charge in [-0.25, -0.2) is 0 Å². The molecule has 2 fully saturated rings. The molecule has 2 amide bonds. The maximum atomic E-state index is 12.7. The molecule has 1 unspecified atom stereocenters. The van der Waals surface area contributed by atoms with E-state index in [1.807, 2.05) is 6.92 Å². The molecule has 1 heterocycles. The van der Waals surface area contributed by atoms with E-state index in [9.17, 15) is 9.59 Å². The summed E-state index contributed by atoms with van der Waals surface area (Å²) < 4.78 is 0.712. The number of halogens is 2. The van der Waals surface area contributed by atoms with Gasteiger partial charge in [0.15, 0.2) is 0 Å². The fraction of sp³-hybridized carbons (Fsp3) is 0.429. The van der Waals surface area contributed by atoms with E-state index in [0.717, 1.165) is 12.8 Å². The molecule has 6 heteroatoms. The van der Waals surface area contributed by atoms with Crippen molar-refractivity contribution >= 4 is 45.0 Å². The molecule has 3 rings (SSSR count). The van der Waals surface area contributed by atoms with Crippen LogP contribution in [-0.2, 0) is 9.59 Å². The number of amides is 2. The highest BCUT2D eigenvalue weighted by molar-refractivity contribution is 9.10. The number of benzene rings is 1. The maximum Gasteiger partial charge on any atom is 0.253 e. The van der Waals surface area contributed by atoms with Gasteiger partial charge in [-0.05, 0) is 59.8 Å². The van der Waals surface area contributed by atoms with Crippen LogP contribution in [0.15, 0.2) is 22.7 Å². The highest BCUT2D eigenvalue weighted by Crippen LogP contribution is 2.42. The van der Waals surface area contributed by atoms with Crippen LogP contribution in [0.1, 0.15) is 19.8 Å². The van der Waals surface area contributed by atoms with E-state index in [0.29, 0.717) is 15.2 Å². The number of carbonyl (C=O) groups is 2. The van der Waals surface area contributed by atoms with Crippen LogP contribution in [-0.4, -0.2) is 23.9 Å². The lowest BCUT2D eigenvalue weighted by Crippen LogP contribution is -2.66. The minimum atomic E-state index is -0.776. The molecule has 106 valence electrons. The second-order valence-electron chi connectivity index (χ2n) is 5.51. The highest BCUT2D eigenvalue weighted by Gasteiger charge is 2.52. The molecule has 0 aromatic heterocycles. The monoisotopic (exact) mass is 356 g/mol. The van der Waals surface area contributed by atoms with Crippen molar-refractivity contribution < 1.29 is 9.59 Å². The number of hydrogen-bond donors (Lipinski definition) is 1. The Morgan fingerprint density at radius 3 is 2.70 bits per heavy atom. The zero-order valence-electron chi connectivity index (χ0n) is 11.0. The van der Waals surface area contributed by atoms with E-state index < -0.39 is 5.54 Å². The number of carbonyl (C=O) groups excluding carboxylic acids is 2. The number of piperazine rings is 1. The lowest BCUT2D eigenvalue weighted by atomic mass is 9.91. The maximum absolute atomic E-state index is 12.7. The zero-order valence-corrected chi connectivity index (χ0v) is 13.3. The summed E-state index contributed by atoms with van der Waals surface area (Å²) in [5.74, 6) is 0.0800. The molecule has 2 aliphatic rings. The van der Waals surface area contributed by atoms with Crippen LogP contribution in [0.4, 0.5) is 5.69 Å². The van der Waals surface area contributed by atoms with Crippen molar-refractivity contribution in [2.24, 2.45) is 5.92 Å². The Kier molecular flexibility index (Phi) is 3.29. The number of anilines is 1. The van der Waals surface area contributed by atoms with Crippen LogP contribution in [0, 0.1) is 5.92 Å². The Labute approximate surface area is 130 Å². The summed E-state index contributed by atoms with van der Waals surface area (Å²) in [5, 5.41) is 3.44. The van der Waals surface area contributed by atoms with Gasteiger partial charge in [0.1, 0.15) is 12.1 Å². The molecule has 1 N–H and O–H groups in total. The summed E-state index contributed by atoms with van der Waals surface area (Å²) >= 11 is 9.32. The van der Waals surface area contributed by atoms with E-state index in [1.54, 1.807) is 18.2 Å². The first kappa shape index (κ1) is 13.9. The lowest BCUT2D eigenvalue weighted by Gasteiger charge is -2.40. The van der Waals surface area contributed by atoms with Gasteiger partial charge >= 0.3 is 0 Å². The summed E-state index contributed by atoms with van der Waals surface area (Å²) in [6.45, 7) is 1.87. The van der Waals surface area contributed by atoms with Crippen LogP contribution >= 0.6 is 27.5 Å². The predicted octanol–water partition coefficient (Wildman–Crippen LogP) is 2.73. The number of hydrogen-bond acceptors (Lipinski definition) is 2. The number of nitrogens with zero attached hydrogens (tertiary/aromatic N) is 1. The zero-order chi connectivity index (χ0) is 14.5. The van der Waals surface area contributed by atoms with Crippen molar-refractivity contribution in [2.45, 2.75) is 25.3 Å². The summed E-state index contributed by atoms with van der Waals surface area (Å²) in [6.07, 6.45) is 1.97. The van der Waals surface area contributed by atoms with Gasteiger partial charge < -0.3 is 10.2 Å². The first-order chi connectivity index (χ1) is 9.41. The lowest BCUT2D eigenvalue weighted by molar-refractivity contribution is -0.136. The van der Waals surface area contributed by atoms with Gasteiger partial charge in [-0.3, -0.25) is 9.59 Å². The molecule has 20 heavy (non-hydrogen) atoms. The molecule has 1 aliphatic carbocycles. The summed E-state index contributed by atoms with van der Waals surface area (Å²) in [6, 6.07) is 5.25. The van der Waals surface area contributed by atoms with Gasteiger partial charge in [0.05, 0.1) is 5.02 Å². The van der Waals surface area contributed by atoms with E-state index in [2.05, 4.69) is 21.2 Å². The van der Waals surface area contributed by atoms with E-state index in [4.69, 9.17) is 11.6 Å². The smallest absolute Gasteiger partial charge is 0.253 e. The molecule has 1 aromatic rings. The fourth-order valence-electron chi connectivity index (χ4n) is 2.68. The summed E-state index contributed by atoms with van der Waals surface area (Å²) in [7, 11) is 0. The van der Waals surface area contributed by atoms with Crippen molar-refractivity contribution in [3.8, 4) is 0 Å². The van der Waals surface area contributed by atoms with Gasteiger partial charge in [-0.15, -0.1) is 0 Å². The molecular formula is C14H14BrClN2O2. The largest absolute Gasteiger partial charge is 0.340 e. The Balaban J connectivity index is 1.97. The third-order valence-corrected chi connectivity index (χ3v) is 5.21. The molecule has 1 saturated carbocycles. The molecule has 4 nitrogen and oxygen atoms in total. The van der Waals surface area contributed by atoms with E-state index in [1.165, 1.54) is 4.90 Å². The summed E-state index contributed by atoms with van der Waals surface area (Å²) in [4.78, 5) is 26.2. The highest BCUT2D eigenvalue weighted by atomic mass is 79.9. The third-order valence-electron chi connectivity index (χ3n) is 4.00. The van der Waals surface area contributed by atoms with Crippen LogP contribution in [0.3, 0.4) is 0 Å². The molecule has 1 atom stereocenters. The first-order valence-electron chi connectivity index (χ1n) is 6.50. The first-order valence-corrected chi connectivity index (χ1v) is 7.67. The molecule has 0 radical (unpaired) electrons. The Hall–Kier alpha value is -1.07. The minimum Gasteiger partial charge on any atom is -0.340 e. The van der Waals surface area contributed by atoms with Crippen LogP contribution < -0.4 is 10.2 Å². The Morgan fingerprint density at radius 2 is 2.10 bits per heavy atom. The van der Waals surface area contributed by atoms with Crippen molar-refractivity contribution in [1.82, 2.24) is 5.32 Å². The second kappa shape index (κ2) is 4.74. The SMILES string of the molecule is CC1(C2CC2)NC(=O)CN(c2ccc(Cl)c(Br)c2)C1=O. The Morgan fingerprint density at radius 1 is 1.40 bits per heavy atom. The van der Waals surface area contributed by atoms with E-state index in [-0.39, 0.29) is 24.3 Å². The fourth-order valence-corrected chi connectivity index (χ4v) is 3.16. The number of rotatable bonds is 2. The quantitative estimate of drug-likeness (QED) is 0.885. The molecule has 1 saturated heterocycles. The predicted molar refractivity (Wildman–Crippen MR) is 80.8 cm³/mol. The van der Waals surface area contributed by atoms with Crippen molar-refractivity contribution in [1.29, 1.82) is 0 Å². The van der Waals surface area contributed by atoms with Crippen LogP contribution in [0.5, 0.6) is 0 Å². The van der Waals surface area contributed by atoms with Gasteiger partial charge in [-0.1, -0.05) is 11.6 Å².